The summed E-state index contributed by atoms with van der Waals surface area (Å²) >= 11 is 0. The zero-order valence-corrected chi connectivity index (χ0v) is 23.1. The first kappa shape index (κ1) is 28.4. The third kappa shape index (κ3) is 7.91. The molecule has 0 aliphatic carbocycles. The Morgan fingerprint density at radius 3 is 1.82 bits per heavy atom. The first-order valence-corrected chi connectivity index (χ1v) is 12.8. The van der Waals surface area contributed by atoms with Crippen LogP contribution in [0.4, 0.5) is 0 Å². The lowest BCUT2D eigenvalue weighted by atomic mass is 9.92. The Morgan fingerprint density at radius 2 is 1.29 bits per heavy atom. The van der Waals surface area contributed by atoms with E-state index in [2.05, 4.69) is 50.3 Å². The topological polar surface area (TPSA) is 47.9 Å². The van der Waals surface area contributed by atoms with Gasteiger partial charge in [0.2, 0.25) is 0 Å². The summed E-state index contributed by atoms with van der Waals surface area (Å²) in [7, 11) is 3.35. The molecule has 0 unspecified atom stereocenters. The number of phenolic OH excluding ortho intramolecular Hbond substituents is 1. The van der Waals surface area contributed by atoms with Crippen LogP contribution in [0.2, 0.25) is 0 Å². The van der Waals surface area contributed by atoms with Gasteiger partial charge in [-0.25, -0.2) is 0 Å². The molecule has 198 valence electrons. The summed E-state index contributed by atoms with van der Waals surface area (Å²) in [6.07, 6.45) is 4.17. The third-order valence-electron chi connectivity index (χ3n) is 6.32. The smallest absolute Gasteiger partial charge is 0.130 e. The van der Waals surface area contributed by atoms with E-state index < -0.39 is 0 Å². The van der Waals surface area contributed by atoms with Gasteiger partial charge >= 0.3 is 0 Å². The molecule has 38 heavy (non-hydrogen) atoms. The predicted octanol–water partition coefficient (Wildman–Crippen LogP) is 8.67. The number of phenols is 1. The molecule has 4 aromatic rings. The predicted molar refractivity (Wildman–Crippen MR) is 157 cm³/mol. The molecule has 4 aromatic carbocycles. The number of ether oxygens (including phenoxy) is 3. The van der Waals surface area contributed by atoms with Crippen LogP contribution in [-0.4, -0.2) is 19.3 Å². The first-order chi connectivity index (χ1) is 18.3. The number of methoxy groups -OCH3 is 2. The highest BCUT2D eigenvalue weighted by Gasteiger charge is 2.32. The molecule has 0 spiro atoms. The fourth-order valence-electron chi connectivity index (χ4n) is 4.14. The number of aromatic hydroxyl groups is 1. The van der Waals surface area contributed by atoms with E-state index in [1.54, 1.807) is 26.4 Å². The van der Waals surface area contributed by atoms with Crippen LogP contribution >= 0.6 is 0 Å². The maximum atomic E-state index is 8.76. The van der Waals surface area contributed by atoms with Crippen molar-refractivity contribution < 1.29 is 19.3 Å². The molecule has 0 saturated carbocycles. The molecule has 4 nitrogen and oxygen atoms in total. The Morgan fingerprint density at radius 1 is 0.737 bits per heavy atom. The molecule has 5 rings (SSSR count). The van der Waals surface area contributed by atoms with Crippen molar-refractivity contribution in [1.29, 1.82) is 0 Å². The van der Waals surface area contributed by atoms with Crippen molar-refractivity contribution in [1.82, 2.24) is 0 Å². The van der Waals surface area contributed by atoms with Gasteiger partial charge in [0.15, 0.2) is 0 Å². The summed E-state index contributed by atoms with van der Waals surface area (Å²) in [5, 5.41) is 8.76. The number of hydrogen-bond acceptors (Lipinski definition) is 4. The lowest BCUT2D eigenvalue weighted by molar-refractivity contribution is 0.216. The van der Waals surface area contributed by atoms with Crippen LogP contribution in [0.3, 0.4) is 0 Å². The van der Waals surface area contributed by atoms with Crippen LogP contribution in [0.1, 0.15) is 53.7 Å². The Bertz CT molecular complexity index is 1270. The number of rotatable bonds is 4. The summed E-state index contributed by atoms with van der Waals surface area (Å²) in [4.78, 5) is 0. The van der Waals surface area contributed by atoms with E-state index in [0.29, 0.717) is 11.7 Å². The lowest BCUT2D eigenvalue weighted by Gasteiger charge is -2.16. The molecule has 1 aliphatic rings. The zero-order chi connectivity index (χ0) is 27.5. The lowest BCUT2D eigenvalue weighted by Crippen LogP contribution is -2.07. The highest BCUT2D eigenvalue weighted by atomic mass is 16.5. The molecule has 1 N–H and O–H groups in total. The molecular formula is C34H38O4. The van der Waals surface area contributed by atoms with Crippen LogP contribution in [0.15, 0.2) is 97.1 Å². The average Bonchev–Trinajstić information content (AvgIpc) is 3.27. The standard InChI is InChI=1S/C17H18O2.C10H12O.C7H8O/c1-11-4-9-16-15(10-11)12(2)17(19-16)13-5-7-14(18-3)8-6-13;1-3-4-9-5-7-10(11-2)8-6-9;1-6-2-4-7(8)5-3-6/h4-10,12,17H,1-3H3;3-8H,1-2H3;2-5,8H,1H3/b;4-3+;/t12-,17-;;/m1../s1. The van der Waals surface area contributed by atoms with Gasteiger partial charge in [-0.3, -0.25) is 0 Å². The van der Waals surface area contributed by atoms with Gasteiger partial charge in [0.1, 0.15) is 29.1 Å². The normalized spacial score (nSPS) is 15.3. The Hall–Kier alpha value is -4.18. The van der Waals surface area contributed by atoms with Gasteiger partial charge in [-0.05, 0) is 74.4 Å². The molecule has 0 amide bonds. The minimum Gasteiger partial charge on any atom is -0.508 e. The largest absolute Gasteiger partial charge is 0.508 e. The number of hydrogen-bond donors (Lipinski definition) is 1. The van der Waals surface area contributed by atoms with E-state index in [1.807, 2.05) is 68.5 Å². The molecule has 0 aromatic heterocycles. The summed E-state index contributed by atoms with van der Waals surface area (Å²) < 4.78 is 16.3. The summed E-state index contributed by atoms with van der Waals surface area (Å²) in [5.74, 6) is 3.50. The van der Waals surface area contributed by atoms with E-state index in [9.17, 15) is 0 Å². The van der Waals surface area contributed by atoms with Gasteiger partial charge in [0.25, 0.3) is 0 Å². The summed E-state index contributed by atoms with van der Waals surface area (Å²) in [6, 6.07) is 29.6. The van der Waals surface area contributed by atoms with Gasteiger partial charge in [-0.1, -0.05) is 78.7 Å². The molecule has 0 radical (unpaired) electrons. The number of fused-ring (bicyclic) bond motifs is 1. The van der Waals surface area contributed by atoms with Crippen LogP contribution in [0.5, 0.6) is 23.0 Å². The van der Waals surface area contributed by atoms with Gasteiger partial charge in [0, 0.05) is 11.5 Å². The van der Waals surface area contributed by atoms with Crippen molar-refractivity contribution in [3.8, 4) is 23.0 Å². The second kappa shape index (κ2) is 13.9. The van der Waals surface area contributed by atoms with E-state index in [1.165, 1.54) is 27.8 Å². The molecule has 0 fully saturated rings. The first-order valence-electron chi connectivity index (χ1n) is 12.8. The molecule has 0 saturated heterocycles. The van der Waals surface area contributed by atoms with Crippen LogP contribution in [0, 0.1) is 13.8 Å². The van der Waals surface area contributed by atoms with Crippen molar-refractivity contribution >= 4 is 6.08 Å². The van der Waals surface area contributed by atoms with Gasteiger partial charge in [-0.15, -0.1) is 0 Å². The zero-order valence-electron chi connectivity index (χ0n) is 23.1. The second-order valence-corrected chi connectivity index (χ2v) is 9.25. The SMILES string of the molecule is C/C=C/c1ccc(OC)cc1.COc1ccc([C@@H]2Oc3ccc(C)cc3[C@H]2C)cc1.Cc1ccc(O)cc1. The number of allylic oxidation sites excluding steroid dienone is 1. The molecule has 0 bridgehead atoms. The van der Waals surface area contributed by atoms with E-state index in [0.717, 1.165) is 17.2 Å². The maximum absolute atomic E-state index is 8.76. The van der Waals surface area contributed by atoms with Crippen LogP contribution in [0.25, 0.3) is 6.08 Å². The van der Waals surface area contributed by atoms with Gasteiger partial charge in [0.05, 0.1) is 14.2 Å². The van der Waals surface area contributed by atoms with E-state index in [-0.39, 0.29) is 6.10 Å². The molecule has 2 atom stereocenters. The van der Waals surface area contributed by atoms with Crippen LogP contribution < -0.4 is 14.2 Å². The Kier molecular flexibility index (Phi) is 10.4. The third-order valence-corrected chi connectivity index (χ3v) is 6.32. The minimum absolute atomic E-state index is 0.0997. The average molecular weight is 511 g/mol. The summed E-state index contributed by atoms with van der Waals surface area (Å²) in [5.41, 5.74) is 6.16. The van der Waals surface area contributed by atoms with Crippen molar-refractivity contribution in [2.75, 3.05) is 14.2 Å². The van der Waals surface area contributed by atoms with Crippen molar-refractivity contribution in [2.24, 2.45) is 0 Å². The van der Waals surface area contributed by atoms with Crippen molar-refractivity contribution in [3.05, 3.63) is 125 Å². The Balaban J connectivity index is 0.000000178. The van der Waals surface area contributed by atoms with Gasteiger partial charge in [-0.2, -0.15) is 0 Å². The quantitative estimate of drug-likeness (QED) is 0.298. The number of aryl methyl sites for hydroxylation is 2. The van der Waals surface area contributed by atoms with Crippen LogP contribution in [-0.2, 0) is 0 Å². The molecule has 1 heterocycles. The summed E-state index contributed by atoms with van der Waals surface area (Å²) in [6.45, 7) is 8.33. The fraction of sp³-hybridized carbons (Fsp3) is 0.235. The monoisotopic (exact) mass is 510 g/mol. The van der Waals surface area contributed by atoms with E-state index in [4.69, 9.17) is 19.3 Å². The maximum Gasteiger partial charge on any atom is 0.130 e. The van der Waals surface area contributed by atoms with Gasteiger partial charge < -0.3 is 19.3 Å². The molecule has 1 aliphatic heterocycles. The minimum atomic E-state index is 0.0997. The molecule has 4 heteroatoms. The second-order valence-electron chi connectivity index (χ2n) is 9.25. The van der Waals surface area contributed by atoms with Crippen molar-refractivity contribution in [3.63, 3.8) is 0 Å². The Labute approximate surface area is 227 Å². The molecular weight excluding hydrogens is 472 g/mol. The van der Waals surface area contributed by atoms with E-state index >= 15 is 0 Å². The highest BCUT2D eigenvalue weighted by Crippen LogP contribution is 2.46. The fourth-order valence-corrected chi connectivity index (χ4v) is 4.14. The highest BCUT2D eigenvalue weighted by molar-refractivity contribution is 5.50. The number of benzene rings is 4. The van der Waals surface area contributed by atoms with Crippen molar-refractivity contribution in [2.45, 2.75) is 39.7 Å².